The van der Waals surface area contributed by atoms with Gasteiger partial charge in [0.05, 0.1) is 18.8 Å². The van der Waals surface area contributed by atoms with Crippen LogP contribution in [0.4, 0.5) is 0 Å². The molecule has 1 saturated heterocycles. The lowest BCUT2D eigenvalue weighted by Crippen LogP contribution is -2.38. The van der Waals surface area contributed by atoms with E-state index < -0.39 is 0 Å². The molecule has 9 heteroatoms. The number of hydrogen-bond acceptors (Lipinski definition) is 7. The number of carbonyl (C=O) groups is 3. The molecule has 2 amide bonds. The molecule has 0 aliphatic carbocycles. The molecule has 0 bridgehead atoms. The number of amides is 2. The van der Waals surface area contributed by atoms with Gasteiger partial charge in [-0.1, -0.05) is 35.4 Å². The van der Waals surface area contributed by atoms with Gasteiger partial charge in [-0.25, -0.2) is 0 Å². The van der Waals surface area contributed by atoms with Crippen LogP contribution in [0.2, 0.25) is 0 Å². The van der Waals surface area contributed by atoms with E-state index in [1.165, 1.54) is 0 Å². The van der Waals surface area contributed by atoms with Crippen molar-refractivity contribution in [3.63, 3.8) is 0 Å². The SMILES string of the molecule is CCO[C@@H]1C[C@@H](COC)N(C(=O)CCCSSCCNC(=O)CCCCC(=O)C(C)C)C1. The predicted molar refractivity (Wildman–Crippen MR) is 133 cm³/mol. The second-order valence-electron chi connectivity index (χ2n) is 8.39. The van der Waals surface area contributed by atoms with Crippen molar-refractivity contribution in [2.24, 2.45) is 5.92 Å². The summed E-state index contributed by atoms with van der Waals surface area (Å²) in [5.74, 6) is 2.34. The summed E-state index contributed by atoms with van der Waals surface area (Å²) >= 11 is 0. The molecular weight excluding hydrogens is 448 g/mol. The number of nitrogens with one attached hydrogen (secondary N) is 1. The molecule has 0 saturated carbocycles. The maximum Gasteiger partial charge on any atom is 0.223 e. The van der Waals surface area contributed by atoms with Crippen LogP contribution in [0.3, 0.4) is 0 Å². The Morgan fingerprint density at radius 2 is 1.78 bits per heavy atom. The first-order valence-electron chi connectivity index (χ1n) is 11.8. The Morgan fingerprint density at radius 1 is 1.06 bits per heavy atom. The van der Waals surface area contributed by atoms with Crippen LogP contribution in [0, 0.1) is 5.92 Å². The second-order valence-corrected chi connectivity index (χ2v) is 11.1. The van der Waals surface area contributed by atoms with Crippen molar-refractivity contribution in [2.45, 2.75) is 77.9 Å². The van der Waals surface area contributed by atoms with Crippen molar-refractivity contribution < 1.29 is 23.9 Å². The average molecular weight is 491 g/mol. The maximum absolute atomic E-state index is 12.6. The van der Waals surface area contributed by atoms with E-state index in [0.29, 0.717) is 45.6 Å². The number of rotatable bonds is 18. The fraction of sp³-hybridized carbons (Fsp3) is 0.870. The highest BCUT2D eigenvalue weighted by Crippen LogP contribution is 2.24. The van der Waals surface area contributed by atoms with Gasteiger partial charge in [-0.2, -0.15) is 0 Å². The summed E-state index contributed by atoms with van der Waals surface area (Å²) in [6.45, 7) is 8.33. The molecule has 0 spiro atoms. The standard InChI is InChI=1S/C23H42N2O5S2/c1-5-30-20-15-19(17-29-4)25(16-20)23(28)11-8-13-31-32-14-12-24-22(27)10-7-6-9-21(26)18(2)3/h18-20H,5-17H2,1-4H3,(H,24,27)/t19-,20+/m0/s1. The third-order valence-electron chi connectivity index (χ3n) is 5.39. The minimum absolute atomic E-state index is 0.0553. The number of ether oxygens (including phenoxy) is 2. The Hall–Kier alpha value is -0.770. The van der Waals surface area contributed by atoms with E-state index in [1.54, 1.807) is 28.7 Å². The number of likely N-dealkylation sites (tertiary alicyclic amines) is 1. The first-order valence-corrected chi connectivity index (χ1v) is 14.3. The number of Topliss-reactive ketones (excluding diaryl/α,β-unsaturated/α-hetero) is 1. The van der Waals surface area contributed by atoms with Gasteiger partial charge in [-0.05, 0) is 32.6 Å². The number of carbonyl (C=O) groups excluding carboxylic acids is 3. The van der Waals surface area contributed by atoms with Gasteiger partial charge < -0.3 is 19.7 Å². The van der Waals surface area contributed by atoms with Gasteiger partial charge >= 0.3 is 0 Å². The smallest absolute Gasteiger partial charge is 0.223 e. The van der Waals surface area contributed by atoms with Crippen LogP contribution in [-0.4, -0.2) is 79.6 Å². The molecule has 1 N–H and O–H groups in total. The highest BCUT2D eigenvalue weighted by Gasteiger charge is 2.35. The van der Waals surface area contributed by atoms with Crippen molar-refractivity contribution in [1.82, 2.24) is 10.2 Å². The van der Waals surface area contributed by atoms with Crippen LogP contribution >= 0.6 is 21.6 Å². The van der Waals surface area contributed by atoms with Gasteiger partial charge in [-0.3, -0.25) is 14.4 Å². The van der Waals surface area contributed by atoms with Crippen LogP contribution in [0.15, 0.2) is 0 Å². The molecule has 0 aromatic rings. The molecule has 1 fully saturated rings. The molecule has 0 radical (unpaired) electrons. The summed E-state index contributed by atoms with van der Waals surface area (Å²) in [4.78, 5) is 37.9. The third kappa shape index (κ3) is 12.5. The van der Waals surface area contributed by atoms with Crippen molar-refractivity contribution >= 4 is 39.2 Å². The molecule has 0 aromatic heterocycles. The lowest BCUT2D eigenvalue weighted by atomic mass is 10.0. The molecular formula is C23H42N2O5S2. The molecule has 1 aliphatic rings. The molecule has 186 valence electrons. The lowest BCUT2D eigenvalue weighted by molar-refractivity contribution is -0.133. The third-order valence-corrected chi connectivity index (χ3v) is 7.88. The summed E-state index contributed by atoms with van der Waals surface area (Å²) in [6.07, 6.45) is 4.94. The van der Waals surface area contributed by atoms with E-state index in [4.69, 9.17) is 9.47 Å². The Balaban J connectivity index is 2.03. The number of ketones is 1. The molecule has 32 heavy (non-hydrogen) atoms. The summed E-state index contributed by atoms with van der Waals surface area (Å²) in [6, 6.07) is 0.116. The first kappa shape index (κ1) is 29.3. The maximum atomic E-state index is 12.6. The van der Waals surface area contributed by atoms with E-state index in [9.17, 15) is 14.4 Å². The van der Waals surface area contributed by atoms with Gasteiger partial charge in [0, 0.05) is 63.5 Å². The van der Waals surface area contributed by atoms with E-state index >= 15 is 0 Å². The molecule has 7 nitrogen and oxygen atoms in total. The van der Waals surface area contributed by atoms with Crippen molar-refractivity contribution in [1.29, 1.82) is 0 Å². The zero-order valence-electron chi connectivity index (χ0n) is 20.2. The van der Waals surface area contributed by atoms with Crippen LogP contribution in [-0.2, 0) is 23.9 Å². The van der Waals surface area contributed by atoms with Crippen molar-refractivity contribution in [3.8, 4) is 0 Å². The molecule has 1 aliphatic heterocycles. The van der Waals surface area contributed by atoms with E-state index in [0.717, 1.165) is 37.2 Å². The zero-order chi connectivity index (χ0) is 23.8. The summed E-state index contributed by atoms with van der Waals surface area (Å²) in [5.41, 5.74) is 0. The van der Waals surface area contributed by atoms with Crippen molar-refractivity contribution in [3.05, 3.63) is 0 Å². The quantitative estimate of drug-likeness (QED) is 0.232. The number of hydrogen-bond donors (Lipinski definition) is 1. The van der Waals surface area contributed by atoms with Crippen LogP contribution in [0.1, 0.15) is 65.7 Å². The fourth-order valence-electron chi connectivity index (χ4n) is 3.62. The first-order chi connectivity index (χ1) is 15.4. The van der Waals surface area contributed by atoms with Crippen LogP contribution in [0.5, 0.6) is 0 Å². The molecule has 0 unspecified atom stereocenters. The molecule has 0 aromatic carbocycles. The Morgan fingerprint density at radius 3 is 2.47 bits per heavy atom. The second kappa shape index (κ2) is 17.7. The van der Waals surface area contributed by atoms with E-state index in [2.05, 4.69) is 5.32 Å². The minimum atomic E-state index is 0.0553. The minimum Gasteiger partial charge on any atom is -0.383 e. The highest BCUT2D eigenvalue weighted by atomic mass is 33.1. The summed E-state index contributed by atoms with van der Waals surface area (Å²) < 4.78 is 11.0. The van der Waals surface area contributed by atoms with Crippen molar-refractivity contribution in [2.75, 3.05) is 44.9 Å². The van der Waals surface area contributed by atoms with Crippen LogP contribution in [0.25, 0.3) is 0 Å². The van der Waals surface area contributed by atoms with Gasteiger partial charge in [0.1, 0.15) is 5.78 Å². The van der Waals surface area contributed by atoms with E-state index in [1.807, 2.05) is 25.7 Å². The van der Waals surface area contributed by atoms with Gasteiger partial charge in [0.25, 0.3) is 0 Å². The predicted octanol–water partition coefficient (Wildman–Crippen LogP) is 3.70. The Labute approximate surface area is 201 Å². The number of unbranched alkanes of at least 4 members (excludes halogenated alkanes) is 1. The average Bonchev–Trinajstić information content (AvgIpc) is 3.15. The monoisotopic (exact) mass is 490 g/mol. The van der Waals surface area contributed by atoms with Gasteiger partial charge in [0.15, 0.2) is 0 Å². The summed E-state index contributed by atoms with van der Waals surface area (Å²) in [7, 11) is 5.14. The largest absolute Gasteiger partial charge is 0.383 e. The molecule has 2 atom stereocenters. The Bertz CT molecular complexity index is 563. The highest BCUT2D eigenvalue weighted by molar-refractivity contribution is 8.76. The molecule has 1 heterocycles. The normalized spacial score (nSPS) is 18.3. The molecule has 1 rings (SSSR count). The van der Waals surface area contributed by atoms with E-state index in [-0.39, 0.29) is 35.7 Å². The lowest BCUT2D eigenvalue weighted by Gasteiger charge is -2.23. The van der Waals surface area contributed by atoms with Crippen LogP contribution < -0.4 is 5.32 Å². The Kier molecular flexibility index (Phi) is 16.2. The van der Waals surface area contributed by atoms with Gasteiger partial charge in [-0.15, -0.1) is 0 Å². The van der Waals surface area contributed by atoms with Gasteiger partial charge in [0.2, 0.25) is 11.8 Å². The topological polar surface area (TPSA) is 84.9 Å². The number of methoxy groups -OCH3 is 1. The number of nitrogens with zero attached hydrogens (tertiary/aromatic N) is 1. The summed E-state index contributed by atoms with van der Waals surface area (Å²) in [5, 5.41) is 2.93. The fourth-order valence-corrected chi connectivity index (χ4v) is 5.62. The zero-order valence-corrected chi connectivity index (χ0v) is 21.9.